The van der Waals surface area contributed by atoms with Crippen molar-refractivity contribution in [1.82, 2.24) is 9.78 Å². The minimum atomic E-state index is -4.36. The first-order valence-corrected chi connectivity index (χ1v) is 6.03. The number of aliphatic hydroxyl groups excluding tert-OH is 1. The van der Waals surface area contributed by atoms with E-state index in [0.717, 1.165) is 6.07 Å². The molecule has 1 aromatic heterocycles. The highest BCUT2D eigenvalue weighted by Crippen LogP contribution is 2.32. The van der Waals surface area contributed by atoms with Crippen LogP contribution in [0.3, 0.4) is 0 Å². The number of alkyl halides is 3. The predicted octanol–water partition coefficient (Wildman–Crippen LogP) is 2.51. The molecule has 4 nitrogen and oxygen atoms in total. The highest BCUT2D eigenvalue weighted by atomic mass is 19.4. The number of benzene rings is 1. The van der Waals surface area contributed by atoms with Crippen LogP contribution in [0.25, 0.3) is 0 Å². The summed E-state index contributed by atoms with van der Waals surface area (Å²) in [5.74, 6) is 0. The summed E-state index contributed by atoms with van der Waals surface area (Å²) in [6, 6.07) is 5.44. The second kappa shape index (κ2) is 5.96. The number of rotatable bonds is 5. The van der Waals surface area contributed by atoms with Crippen LogP contribution in [-0.4, -0.2) is 21.5 Å². The summed E-state index contributed by atoms with van der Waals surface area (Å²) in [5.41, 5.74) is 0.139. The summed E-state index contributed by atoms with van der Waals surface area (Å²) in [6.45, 7) is 0.360. The fourth-order valence-electron chi connectivity index (χ4n) is 1.83. The molecule has 0 radical (unpaired) electrons. The smallest absolute Gasteiger partial charge is 0.394 e. The lowest BCUT2D eigenvalue weighted by molar-refractivity contribution is -0.138. The lowest BCUT2D eigenvalue weighted by atomic mass is 10.1. The molecule has 0 bridgehead atoms. The van der Waals surface area contributed by atoms with Gasteiger partial charge in [0.2, 0.25) is 0 Å². The van der Waals surface area contributed by atoms with Gasteiger partial charge in [0.1, 0.15) is 0 Å². The van der Waals surface area contributed by atoms with Gasteiger partial charge in [-0.15, -0.1) is 0 Å². The number of anilines is 1. The Morgan fingerprint density at radius 3 is 2.70 bits per heavy atom. The standard InChI is InChI=1S/C13H14F3N3O/c14-13(15,16)12-4-2-1-3-10(12)7-17-11-8-18-19(9-11)5-6-20/h1-4,8-9,17,20H,5-7H2. The molecular formula is C13H14F3N3O. The van der Waals surface area contributed by atoms with Crippen LogP contribution < -0.4 is 5.32 Å². The highest BCUT2D eigenvalue weighted by molar-refractivity contribution is 5.41. The van der Waals surface area contributed by atoms with Crippen LogP contribution in [-0.2, 0) is 19.3 Å². The van der Waals surface area contributed by atoms with E-state index in [1.165, 1.54) is 23.0 Å². The molecule has 108 valence electrons. The third-order valence-electron chi connectivity index (χ3n) is 2.77. The number of halogens is 3. The van der Waals surface area contributed by atoms with E-state index >= 15 is 0 Å². The Kier molecular flexibility index (Phi) is 4.29. The van der Waals surface area contributed by atoms with E-state index in [1.807, 2.05) is 0 Å². The molecule has 2 aromatic rings. The monoisotopic (exact) mass is 285 g/mol. The first kappa shape index (κ1) is 14.4. The van der Waals surface area contributed by atoms with Gasteiger partial charge >= 0.3 is 6.18 Å². The lowest BCUT2D eigenvalue weighted by Crippen LogP contribution is -2.11. The molecule has 0 aliphatic carbocycles. The van der Waals surface area contributed by atoms with Gasteiger partial charge in [-0.25, -0.2) is 0 Å². The van der Waals surface area contributed by atoms with Crippen molar-refractivity contribution < 1.29 is 18.3 Å². The van der Waals surface area contributed by atoms with Crippen LogP contribution in [0, 0.1) is 0 Å². The van der Waals surface area contributed by atoms with Gasteiger partial charge < -0.3 is 10.4 Å². The summed E-state index contributed by atoms with van der Waals surface area (Å²) in [5, 5.41) is 15.6. The second-order valence-corrected chi connectivity index (χ2v) is 4.22. The van der Waals surface area contributed by atoms with Gasteiger partial charge in [-0.2, -0.15) is 18.3 Å². The van der Waals surface area contributed by atoms with E-state index in [9.17, 15) is 13.2 Å². The summed E-state index contributed by atoms with van der Waals surface area (Å²) < 4.78 is 39.9. The largest absolute Gasteiger partial charge is 0.416 e. The molecule has 0 fully saturated rings. The van der Waals surface area contributed by atoms with Gasteiger partial charge in [-0.05, 0) is 11.6 Å². The van der Waals surface area contributed by atoms with E-state index in [4.69, 9.17) is 5.11 Å². The number of nitrogens with one attached hydrogen (secondary N) is 1. The molecule has 0 aliphatic rings. The Morgan fingerprint density at radius 1 is 1.25 bits per heavy atom. The molecular weight excluding hydrogens is 271 g/mol. The summed E-state index contributed by atoms with van der Waals surface area (Å²) >= 11 is 0. The number of aliphatic hydroxyl groups is 1. The lowest BCUT2D eigenvalue weighted by Gasteiger charge is -2.13. The fourth-order valence-corrected chi connectivity index (χ4v) is 1.83. The summed E-state index contributed by atoms with van der Waals surface area (Å²) in [6.07, 6.45) is -1.22. The highest BCUT2D eigenvalue weighted by Gasteiger charge is 2.32. The van der Waals surface area contributed by atoms with Crippen LogP contribution in [0.15, 0.2) is 36.7 Å². The van der Waals surface area contributed by atoms with Crippen LogP contribution in [0.4, 0.5) is 18.9 Å². The van der Waals surface area contributed by atoms with Crippen molar-refractivity contribution in [2.45, 2.75) is 19.3 Å². The number of hydrogen-bond donors (Lipinski definition) is 2. The van der Waals surface area contributed by atoms with E-state index in [0.29, 0.717) is 12.2 Å². The minimum Gasteiger partial charge on any atom is -0.394 e. The molecule has 2 N–H and O–H groups in total. The molecule has 0 spiro atoms. The van der Waals surface area contributed by atoms with E-state index < -0.39 is 11.7 Å². The third kappa shape index (κ3) is 3.51. The first-order valence-electron chi connectivity index (χ1n) is 6.03. The molecule has 0 saturated heterocycles. The van der Waals surface area contributed by atoms with Crippen LogP contribution >= 0.6 is 0 Å². The van der Waals surface area contributed by atoms with E-state index in [2.05, 4.69) is 10.4 Å². The van der Waals surface area contributed by atoms with Crippen molar-refractivity contribution >= 4 is 5.69 Å². The molecule has 1 heterocycles. The SMILES string of the molecule is OCCn1cc(NCc2ccccc2C(F)(F)F)cn1. The maximum atomic E-state index is 12.8. The third-order valence-corrected chi connectivity index (χ3v) is 2.77. The molecule has 2 rings (SSSR count). The Balaban J connectivity index is 2.07. The van der Waals surface area contributed by atoms with Crippen LogP contribution in [0.5, 0.6) is 0 Å². The number of nitrogens with zero attached hydrogens (tertiary/aromatic N) is 2. The zero-order valence-electron chi connectivity index (χ0n) is 10.6. The Morgan fingerprint density at radius 2 is 2.00 bits per heavy atom. The molecule has 7 heteroatoms. The molecule has 1 aromatic carbocycles. The first-order chi connectivity index (χ1) is 9.50. The zero-order chi connectivity index (χ0) is 14.6. The zero-order valence-corrected chi connectivity index (χ0v) is 10.6. The molecule has 0 atom stereocenters. The maximum absolute atomic E-state index is 12.8. The van der Waals surface area contributed by atoms with Crippen molar-refractivity contribution in [3.63, 3.8) is 0 Å². The van der Waals surface area contributed by atoms with Crippen LogP contribution in [0.1, 0.15) is 11.1 Å². The van der Waals surface area contributed by atoms with Gasteiger partial charge in [-0.3, -0.25) is 4.68 Å². The Hall–Kier alpha value is -2.02. The van der Waals surface area contributed by atoms with Crippen molar-refractivity contribution in [3.05, 3.63) is 47.8 Å². The second-order valence-electron chi connectivity index (χ2n) is 4.22. The number of hydrogen-bond acceptors (Lipinski definition) is 3. The van der Waals surface area contributed by atoms with E-state index in [-0.39, 0.29) is 18.7 Å². The molecule has 0 aliphatic heterocycles. The van der Waals surface area contributed by atoms with Crippen molar-refractivity contribution in [3.8, 4) is 0 Å². The fraction of sp³-hybridized carbons (Fsp3) is 0.308. The van der Waals surface area contributed by atoms with Gasteiger partial charge in [0.25, 0.3) is 0 Å². The van der Waals surface area contributed by atoms with Gasteiger partial charge in [0.05, 0.1) is 30.6 Å². The molecule has 0 unspecified atom stereocenters. The molecule has 0 amide bonds. The van der Waals surface area contributed by atoms with Crippen molar-refractivity contribution in [1.29, 1.82) is 0 Å². The maximum Gasteiger partial charge on any atom is 0.416 e. The average Bonchev–Trinajstić information content (AvgIpc) is 2.84. The predicted molar refractivity (Wildman–Crippen MR) is 68.1 cm³/mol. The number of aromatic nitrogens is 2. The Bertz CT molecular complexity index is 566. The quantitative estimate of drug-likeness (QED) is 0.887. The normalized spacial score (nSPS) is 11.6. The molecule has 20 heavy (non-hydrogen) atoms. The summed E-state index contributed by atoms with van der Waals surface area (Å²) in [7, 11) is 0. The van der Waals surface area contributed by atoms with Gasteiger partial charge in [0, 0.05) is 12.7 Å². The van der Waals surface area contributed by atoms with Gasteiger partial charge in [0.15, 0.2) is 0 Å². The van der Waals surface area contributed by atoms with Crippen molar-refractivity contribution in [2.24, 2.45) is 0 Å². The van der Waals surface area contributed by atoms with Gasteiger partial charge in [-0.1, -0.05) is 18.2 Å². The topological polar surface area (TPSA) is 50.1 Å². The van der Waals surface area contributed by atoms with E-state index in [1.54, 1.807) is 12.3 Å². The molecule has 0 saturated carbocycles. The van der Waals surface area contributed by atoms with Crippen LogP contribution in [0.2, 0.25) is 0 Å². The van der Waals surface area contributed by atoms with Crippen molar-refractivity contribution in [2.75, 3.05) is 11.9 Å². The Labute approximate surface area is 113 Å². The minimum absolute atomic E-state index is 0.0436. The average molecular weight is 285 g/mol. The summed E-state index contributed by atoms with van der Waals surface area (Å²) in [4.78, 5) is 0.